The first-order valence-corrected chi connectivity index (χ1v) is 9.11. The molecule has 1 amide bonds. The van der Waals surface area contributed by atoms with Gasteiger partial charge in [-0.15, -0.1) is 0 Å². The summed E-state index contributed by atoms with van der Waals surface area (Å²) < 4.78 is 16.3. The van der Waals surface area contributed by atoms with E-state index in [-0.39, 0.29) is 6.09 Å². The van der Waals surface area contributed by atoms with Crippen molar-refractivity contribution in [3.05, 3.63) is 0 Å². The van der Waals surface area contributed by atoms with Crippen molar-refractivity contribution in [1.29, 1.82) is 0 Å². The molecule has 0 aromatic heterocycles. The number of unbranched alkanes of at least 4 members (excludes halogenated alkanes) is 1. The molecule has 0 heterocycles. The van der Waals surface area contributed by atoms with E-state index >= 15 is 0 Å². The number of alkyl carbamates (subject to hydrolysis) is 1. The van der Waals surface area contributed by atoms with Crippen LogP contribution in [0.4, 0.5) is 4.79 Å². The summed E-state index contributed by atoms with van der Waals surface area (Å²) >= 11 is 0. The van der Waals surface area contributed by atoms with Gasteiger partial charge in [0.15, 0.2) is 0 Å². The first kappa shape index (κ1) is 19.4. The Labute approximate surface area is 125 Å². The van der Waals surface area contributed by atoms with Gasteiger partial charge in [-0.05, 0) is 33.6 Å². The molecule has 0 saturated heterocycles. The number of rotatable bonds is 12. The lowest BCUT2D eigenvalue weighted by Gasteiger charge is -2.22. The molecule has 0 saturated carbocycles. The molecule has 0 aliphatic rings. The molecule has 0 spiro atoms. The molecular weight excluding hydrogens is 274 g/mol. The van der Waals surface area contributed by atoms with Crippen LogP contribution in [0, 0.1) is 0 Å². The zero-order chi connectivity index (χ0) is 15.2. The minimum absolute atomic E-state index is 0.326. The summed E-state index contributed by atoms with van der Waals surface area (Å²) in [5, 5.41) is 2.74. The smallest absolute Gasteiger partial charge is 0.407 e. The number of carbonyl (C=O) groups is 1. The summed E-state index contributed by atoms with van der Waals surface area (Å²) in [6, 6.07) is 0. The van der Waals surface area contributed by atoms with Crippen molar-refractivity contribution in [3.8, 4) is 0 Å². The van der Waals surface area contributed by atoms with Gasteiger partial charge in [-0.3, -0.25) is 0 Å². The number of hydrogen-bond donors (Lipinski definition) is 1. The van der Waals surface area contributed by atoms with E-state index in [0.29, 0.717) is 18.7 Å². The second-order valence-electron chi connectivity index (χ2n) is 4.43. The topological polar surface area (TPSA) is 56.8 Å². The maximum Gasteiger partial charge on any atom is 0.407 e. The van der Waals surface area contributed by atoms with Crippen LogP contribution < -0.4 is 5.32 Å². The average Bonchev–Trinajstić information content (AvgIpc) is 2.43. The zero-order valence-corrected chi connectivity index (χ0v) is 14.4. The van der Waals surface area contributed by atoms with Gasteiger partial charge in [0.25, 0.3) is 0 Å². The highest BCUT2D eigenvalue weighted by atomic mass is 28.3. The Bertz CT molecular complexity index is 235. The van der Waals surface area contributed by atoms with Crippen LogP contribution in [-0.2, 0) is 13.6 Å². The van der Waals surface area contributed by atoms with Gasteiger partial charge in [-0.2, -0.15) is 0 Å². The van der Waals surface area contributed by atoms with Crippen molar-refractivity contribution in [1.82, 2.24) is 5.32 Å². The van der Waals surface area contributed by atoms with Crippen molar-refractivity contribution in [2.24, 2.45) is 0 Å². The van der Waals surface area contributed by atoms with E-state index in [0.717, 1.165) is 38.9 Å². The Kier molecular flexibility index (Phi) is 13.0. The number of amides is 1. The summed E-state index contributed by atoms with van der Waals surface area (Å²) in [5.41, 5.74) is 0.516. The fourth-order valence-electron chi connectivity index (χ4n) is 1.94. The third-order valence-corrected chi connectivity index (χ3v) is 5.43. The standard InChI is InChI=1S/C14H30NO4Si/c1-5-13(20(18-7-3)19-8-4)11-9-10-12-15-14(16)17-6-2/h13H,5-12H2,1-4H3,(H,15,16). The molecule has 0 aromatic carbocycles. The molecule has 1 atom stereocenters. The SMILES string of the molecule is CCOC(=O)NCCCCC(CC)[Si](OCC)OCC. The van der Waals surface area contributed by atoms with Crippen LogP contribution in [0.3, 0.4) is 0 Å². The normalized spacial score (nSPS) is 12.4. The van der Waals surface area contributed by atoms with E-state index < -0.39 is 9.28 Å². The lowest BCUT2D eigenvalue weighted by atomic mass is 10.1. The highest BCUT2D eigenvalue weighted by Crippen LogP contribution is 2.24. The van der Waals surface area contributed by atoms with Crippen molar-refractivity contribution >= 4 is 15.4 Å². The third kappa shape index (κ3) is 9.33. The van der Waals surface area contributed by atoms with E-state index in [1.807, 2.05) is 13.8 Å². The molecule has 0 aromatic rings. The predicted molar refractivity (Wildman–Crippen MR) is 81.9 cm³/mol. The molecular formula is C14H30NO4Si. The van der Waals surface area contributed by atoms with Gasteiger partial charge in [0.1, 0.15) is 0 Å². The van der Waals surface area contributed by atoms with Crippen LogP contribution in [0.15, 0.2) is 0 Å². The second kappa shape index (κ2) is 13.4. The Morgan fingerprint density at radius 1 is 1.05 bits per heavy atom. The first-order chi connectivity index (χ1) is 9.69. The molecule has 0 aliphatic carbocycles. The summed E-state index contributed by atoms with van der Waals surface area (Å²) in [6.07, 6.45) is 3.88. The van der Waals surface area contributed by atoms with Crippen molar-refractivity contribution in [2.75, 3.05) is 26.4 Å². The van der Waals surface area contributed by atoms with Crippen LogP contribution in [0.5, 0.6) is 0 Å². The van der Waals surface area contributed by atoms with Crippen LogP contribution >= 0.6 is 0 Å². The van der Waals surface area contributed by atoms with Gasteiger partial charge in [-0.25, -0.2) is 4.79 Å². The van der Waals surface area contributed by atoms with Crippen molar-refractivity contribution in [2.45, 2.75) is 58.9 Å². The van der Waals surface area contributed by atoms with Crippen molar-refractivity contribution in [3.63, 3.8) is 0 Å². The Balaban J connectivity index is 3.84. The van der Waals surface area contributed by atoms with Gasteiger partial charge in [0.2, 0.25) is 0 Å². The molecule has 5 nitrogen and oxygen atoms in total. The quantitative estimate of drug-likeness (QED) is 0.444. The summed E-state index contributed by atoms with van der Waals surface area (Å²) in [5.74, 6) is 0. The highest BCUT2D eigenvalue weighted by Gasteiger charge is 2.25. The minimum Gasteiger partial charge on any atom is -0.450 e. The molecule has 1 N–H and O–H groups in total. The van der Waals surface area contributed by atoms with Crippen LogP contribution in [0.2, 0.25) is 5.54 Å². The summed E-state index contributed by atoms with van der Waals surface area (Å²) in [6.45, 7) is 10.5. The molecule has 0 fully saturated rings. The zero-order valence-electron chi connectivity index (χ0n) is 13.4. The van der Waals surface area contributed by atoms with E-state index in [9.17, 15) is 4.79 Å². The maximum atomic E-state index is 11.1. The third-order valence-electron chi connectivity index (χ3n) is 2.92. The van der Waals surface area contributed by atoms with E-state index in [4.69, 9.17) is 13.6 Å². The Morgan fingerprint density at radius 3 is 2.20 bits per heavy atom. The fourth-order valence-corrected chi connectivity index (χ4v) is 3.84. The average molecular weight is 304 g/mol. The predicted octanol–water partition coefficient (Wildman–Crippen LogP) is 3.24. The molecule has 0 bridgehead atoms. The molecule has 6 heteroatoms. The summed E-state index contributed by atoms with van der Waals surface area (Å²) in [4.78, 5) is 11.1. The molecule has 0 aliphatic heterocycles. The number of ether oxygens (including phenoxy) is 1. The Hall–Kier alpha value is -0.593. The van der Waals surface area contributed by atoms with E-state index in [2.05, 4.69) is 12.2 Å². The van der Waals surface area contributed by atoms with Gasteiger partial charge < -0.3 is 18.9 Å². The van der Waals surface area contributed by atoms with Gasteiger partial charge in [-0.1, -0.05) is 19.8 Å². The second-order valence-corrected chi connectivity index (χ2v) is 6.47. The minimum atomic E-state index is -1.16. The highest BCUT2D eigenvalue weighted by molar-refractivity contribution is 6.46. The first-order valence-electron chi connectivity index (χ1n) is 7.72. The number of nitrogens with one attached hydrogen (secondary N) is 1. The van der Waals surface area contributed by atoms with Crippen LogP contribution in [0.1, 0.15) is 53.4 Å². The summed E-state index contributed by atoms with van der Waals surface area (Å²) in [7, 11) is -1.16. The van der Waals surface area contributed by atoms with E-state index in [1.54, 1.807) is 6.92 Å². The van der Waals surface area contributed by atoms with Gasteiger partial charge >= 0.3 is 15.4 Å². The molecule has 119 valence electrons. The molecule has 20 heavy (non-hydrogen) atoms. The van der Waals surface area contributed by atoms with E-state index in [1.165, 1.54) is 0 Å². The van der Waals surface area contributed by atoms with Crippen molar-refractivity contribution < 1.29 is 18.4 Å². The number of hydrogen-bond acceptors (Lipinski definition) is 4. The van der Waals surface area contributed by atoms with Gasteiger partial charge in [0, 0.05) is 25.3 Å². The largest absolute Gasteiger partial charge is 0.450 e. The molecule has 1 radical (unpaired) electrons. The van der Waals surface area contributed by atoms with Gasteiger partial charge in [0.05, 0.1) is 6.61 Å². The van der Waals surface area contributed by atoms with Crippen LogP contribution in [0.25, 0.3) is 0 Å². The lowest BCUT2D eigenvalue weighted by Crippen LogP contribution is -2.29. The molecule has 1 unspecified atom stereocenters. The maximum absolute atomic E-state index is 11.1. The Morgan fingerprint density at radius 2 is 1.70 bits per heavy atom. The van der Waals surface area contributed by atoms with Crippen LogP contribution in [-0.4, -0.2) is 41.7 Å². The number of carbonyl (C=O) groups excluding carboxylic acids is 1. The fraction of sp³-hybridized carbons (Fsp3) is 0.929. The monoisotopic (exact) mass is 304 g/mol. The lowest BCUT2D eigenvalue weighted by molar-refractivity contribution is 0.152. The molecule has 0 rings (SSSR count).